The largest absolute Gasteiger partial charge is 0.342 e. The van der Waals surface area contributed by atoms with E-state index in [-0.39, 0.29) is 11.9 Å². The molecule has 2 atom stereocenters. The third-order valence-corrected chi connectivity index (χ3v) is 4.20. The molecule has 0 radical (unpaired) electrons. The molecule has 1 amide bonds. The molecule has 0 spiro atoms. The van der Waals surface area contributed by atoms with Crippen LogP contribution in [0.2, 0.25) is 0 Å². The Morgan fingerprint density at radius 2 is 1.95 bits per heavy atom. The first-order valence-electron chi connectivity index (χ1n) is 7.56. The van der Waals surface area contributed by atoms with Crippen molar-refractivity contribution < 1.29 is 4.79 Å². The van der Waals surface area contributed by atoms with Gasteiger partial charge in [-0.3, -0.25) is 4.79 Å². The van der Waals surface area contributed by atoms with E-state index in [0.717, 1.165) is 19.4 Å². The summed E-state index contributed by atoms with van der Waals surface area (Å²) >= 11 is 0. The van der Waals surface area contributed by atoms with Crippen LogP contribution in [-0.4, -0.2) is 29.9 Å². The minimum atomic E-state index is -0.0792. The van der Waals surface area contributed by atoms with E-state index < -0.39 is 0 Å². The van der Waals surface area contributed by atoms with Crippen molar-refractivity contribution in [3.05, 3.63) is 35.4 Å². The summed E-state index contributed by atoms with van der Waals surface area (Å²) in [4.78, 5) is 14.5. The number of fused-ring (bicyclic) bond motifs is 1. The normalized spacial score (nSPS) is 19.6. The van der Waals surface area contributed by atoms with Gasteiger partial charge in [-0.15, -0.1) is 0 Å². The molecule has 1 aromatic carbocycles. The Morgan fingerprint density at radius 3 is 2.60 bits per heavy atom. The molecule has 1 aliphatic heterocycles. The first kappa shape index (κ1) is 15.0. The second-order valence-corrected chi connectivity index (χ2v) is 6.33. The Bertz CT molecular complexity index is 470. The number of rotatable bonds is 4. The summed E-state index contributed by atoms with van der Waals surface area (Å²) in [5.74, 6) is 0.827. The Hall–Kier alpha value is -1.35. The summed E-state index contributed by atoms with van der Waals surface area (Å²) in [6.45, 7) is 7.32. The molecule has 0 saturated heterocycles. The van der Waals surface area contributed by atoms with E-state index in [2.05, 4.69) is 50.4 Å². The second-order valence-electron chi connectivity index (χ2n) is 6.33. The lowest BCUT2D eigenvalue weighted by atomic mass is 9.94. The number of hydrogen-bond acceptors (Lipinski definition) is 2. The van der Waals surface area contributed by atoms with Gasteiger partial charge in [-0.25, -0.2) is 0 Å². The number of benzene rings is 1. The van der Waals surface area contributed by atoms with Crippen molar-refractivity contribution in [1.29, 1.82) is 0 Å². The molecule has 0 aromatic heterocycles. The number of amides is 1. The van der Waals surface area contributed by atoms with Gasteiger partial charge in [0.2, 0.25) is 5.91 Å². The molecule has 3 nitrogen and oxygen atoms in total. The average molecular weight is 274 g/mol. The number of hydrogen-bond donors (Lipinski definition) is 1. The van der Waals surface area contributed by atoms with Gasteiger partial charge in [0.1, 0.15) is 0 Å². The van der Waals surface area contributed by atoms with Crippen LogP contribution in [0.4, 0.5) is 0 Å². The number of carbonyl (C=O) groups is 1. The van der Waals surface area contributed by atoms with Gasteiger partial charge in [0, 0.05) is 19.6 Å². The maximum Gasteiger partial charge on any atom is 0.240 e. The summed E-state index contributed by atoms with van der Waals surface area (Å²) in [5, 5.41) is 3.37. The monoisotopic (exact) mass is 274 g/mol. The number of nitrogens with zero attached hydrogens (tertiary/aromatic N) is 1. The zero-order valence-corrected chi connectivity index (χ0v) is 13.0. The zero-order chi connectivity index (χ0) is 14.7. The van der Waals surface area contributed by atoms with Crippen molar-refractivity contribution in [3.63, 3.8) is 0 Å². The highest BCUT2D eigenvalue weighted by molar-refractivity contribution is 5.82. The lowest BCUT2D eigenvalue weighted by molar-refractivity contribution is -0.134. The van der Waals surface area contributed by atoms with Gasteiger partial charge in [0.15, 0.2) is 0 Å². The van der Waals surface area contributed by atoms with Crippen LogP contribution in [0.15, 0.2) is 24.3 Å². The molecule has 0 fully saturated rings. The van der Waals surface area contributed by atoms with E-state index >= 15 is 0 Å². The quantitative estimate of drug-likeness (QED) is 0.915. The maximum atomic E-state index is 12.6. The minimum absolute atomic E-state index is 0.0792. The fourth-order valence-electron chi connectivity index (χ4n) is 2.93. The Kier molecular flexibility index (Phi) is 4.81. The van der Waals surface area contributed by atoms with Gasteiger partial charge < -0.3 is 10.2 Å². The molecule has 1 aliphatic rings. The summed E-state index contributed by atoms with van der Waals surface area (Å²) in [7, 11) is 1.93. The Labute approximate surface area is 122 Å². The summed E-state index contributed by atoms with van der Waals surface area (Å²) in [5.41, 5.74) is 2.61. The number of nitrogens with one attached hydrogen (secondary N) is 1. The molecule has 3 heteroatoms. The first-order valence-corrected chi connectivity index (χ1v) is 7.56. The molecule has 0 saturated carbocycles. The van der Waals surface area contributed by atoms with Crippen LogP contribution in [0.5, 0.6) is 0 Å². The molecule has 2 rings (SSSR count). The Balaban J connectivity index is 2.00. The summed E-state index contributed by atoms with van der Waals surface area (Å²) in [6.07, 6.45) is 1.85. The number of carbonyl (C=O) groups excluding carboxylic acids is 1. The lowest BCUT2D eigenvalue weighted by Gasteiger charge is -2.32. The van der Waals surface area contributed by atoms with Gasteiger partial charge in [-0.1, -0.05) is 38.1 Å². The second kappa shape index (κ2) is 6.40. The number of likely N-dealkylation sites (N-methyl/N-ethyl adjacent to an activating group) is 1. The topological polar surface area (TPSA) is 32.3 Å². The van der Waals surface area contributed by atoms with E-state index in [9.17, 15) is 4.79 Å². The lowest BCUT2D eigenvalue weighted by Crippen LogP contribution is -2.50. The van der Waals surface area contributed by atoms with Crippen LogP contribution in [0.3, 0.4) is 0 Å². The van der Waals surface area contributed by atoms with Crippen LogP contribution >= 0.6 is 0 Å². The van der Waals surface area contributed by atoms with Gasteiger partial charge in [-0.05, 0) is 36.8 Å². The third-order valence-electron chi connectivity index (χ3n) is 4.20. The van der Waals surface area contributed by atoms with Crippen molar-refractivity contribution >= 4 is 5.91 Å². The highest BCUT2D eigenvalue weighted by Crippen LogP contribution is 2.18. The molecule has 110 valence electrons. The third kappa shape index (κ3) is 3.40. The van der Waals surface area contributed by atoms with Gasteiger partial charge in [0.25, 0.3) is 0 Å². The van der Waals surface area contributed by atoms with Gasteiger partial charge in [-0.2, -0.15) is 0 Å². The summed E-state index contributed by atoms with van der Waals surface area (Å²) in [6, 6.07) is 8.59. The van der Waals surface area contributed by atoms with E-state index in [1.54, 1.807) is 0 Å². The predicted octanol–water partition coefficient (Wildman–Crippen LogP) is 2.59. The standard InChI is InChI=1S/C17H26N2O/c1-12(2)9-13(3)19(4)17(20)16-10-14-7-5-6-8-15(14)11-18-16/h5-8,12-13,16,18H,9-11H2,1-4H3. The minimum Gasteiger partial charge on any atom is -0.342 e. The van der Waals surface area contributed by atoms with E-state index in [4.69, 9.17) is 0 Å². The van der Waals surface area contributed by atoms with E-state index in [1.165, 1.54) is 11.1 Å². The fourth-order valence-corrected chi connectivity index (χ4v) is 2.93. The fraction of sp³-hybridized carbons (Fsp3) is 0.588. The Morgan fingerprint density at radius 1 is 1.30 bits per heavy atom. The van der Waals surface area contributed by atoms with Crippen molar-refractivity contribution in [3.8, 4) is 0 Å². The highest BCUT2D eigenvalue weighted by atomic mass is 16.2. The summed E-state index contributed by atoms with van der Waals surface area (Å²) < 4.78 is 0. The van der Waals surface area contributed by atoms with Gasteiger partial charge in [0.05, 0.1) is 6.04 Å². The van der Waals surface area contributed by atoms with Gasteiger partial charge >= 0.3 is 0 Å². The van der Waals surface area contributed by atoms with Crippen LogP contribution < -0.4 is 5.32 Å². The SMILES string of the molecule is CC(C)CC(C)N(C)C(=O)C1Cc2ccccc2CN1. The van der Waals surface area contributed by atoms with Crippen molar-refractivity contribution in [2.75, 3.05) is 7.05 Å². The molecular formula is C17H26N2O. The first-order chi connectivity index (χ1) is 9.49. The molecular weight excluding hydrogens is 248 g/mol. The van der Waals surface area contributed by atoms with E-state index in [1.807, 2.05) is 11.9 Å². The molecule has 1 heterocycles. The average Bonchev–Trinajstić information content (AvgIpc) is 2.44. The smallest absolute Gasteiger partial charge is 0.240 e. The highest BCUT2D eigenvalue weighted by Gasteiger charge is 2.28. The predicted molar refractivity (Wildman–Crippen MR) is 82.5 cm³/mol. The van der Waals surface area contributed by atoms with Crippen LogP contribution in [-0.2, 0) is 17.8 Å². The molecule has 1 N–H and O–H groups in total. The maximum absolute atomic E-state index is 12.6. The molecule has 0 aliphatic carbocycles. The zero-order valence-electron chi connectivity index (χ0n) is 13.0. The van der Waals surface area contributed by atoms with Crippen molar-refractivity contribution in [2.24, 2.45) is 5.92 Å². The molecule has 20 heavy (non-hydrogen) atoms. The van der Waals surface area contributed by atoms with Crippen molar-refractivity contribution in [1.82, 2.24) is 10.2 Å². The molecule has 1 aromatic rings. The molecule has 0 bridgehead atoms. The van der Waals surface area contributed by atoms with Crippen LogP contribution in [0.25, 0.3) is 0 Å². The molecule has 2 unspecified atom stereocenters. The van der Waals surface area contributed by atoms with Crippen LogP contribution in [0.1, 0.15) is 38.3 Å². The van der Waals surface area contributed by atoms with E-state index in [0.29, 0.717) is 12.0 Å². The van der Waals surface area contributed by atoms with Crippen LogP contribution in [0, 0.1) is 5.92 Å². The van der Waals surface area contributed by atoms with Crippen molar-refractivity contribution in [2.45, 2.75) is 52.2 Å².